The Bertz CT molecular complexity index is 550. The Morgan fingerprint density at radius 2 is 1.94 bits per heavy atom. The third-order valence-electron chi connectivity index (χ3n) is 2.63. The molecule has 0 aliphatic heterocycles. The maximum Gasteiger partial charge on any atom is 0.130 e. The average Bonchev–Trinajstić information content (AvgIpc) is 2.57. The van der Waals surface area contributed by atoms with E-state index in [9.17, 15) is 9.50 Å². The number of aliphatic hydroxyl groups excluding tert-OH is 1. The highest BCUT2D eigenvalue weighted by atomic mass is 79.9. The highest BCUT2D eigenvalue weighted by molar-refractivity contribution is 9.10. The first kappa shape index (κ1) is 12.7. The van der Waals surface area contributed by atoms with Crippen molar-refractivity contribution in [2.75, 3.05) is 0 Å². The third-order valence-corrected chi connectivity index (χ3v) is 4.11. The van der Waals surface area contributed by atoms with Crippen LogP contribution in [0.15, 0.2) is 28.7 Å². The number of halogens is 2. The molecule has 2 aromatic rings. The Hall–Kier alpha value is -0.710. The van der Waals surface area contributed by atoms with Gasteiger partial charge in [-0.05, 0) is 37.6 Å². The summed E-state index contributed by atoms with van der Waals surface area (Å²) in [7, 11) is 0. The molecule has 17 heavy (non-hydrogen) atoms. The predicted molar refractivity (Wildman–Crippen MR) is 72.0 cm³/mol. The highest BCUT2D eigenvalue weighted by Crippen LogP contribution is 2.32. The van der Waals surface area contributed by atoms with Gasteiger partial charge in [0.05, 0.1) is 0 Å². The van der Waals surface area contributed by atoms with Gasteiger partial charge in [0.1, 0.15) is 11.9 Å². The molecule has 0 aliphatic rings. The van der Waals surface area contributed by atoms with Crippen LogP contribution >= 0.6 is 27.3 Å². The lowest BCUT2D eigenvalue weighted by Gasteiger charge is -2.12. The Morgan fingerprint density at radius 3 is 2.47 bits per heavy atom. The standard InChI is InChI=1S/C13H12BrFOS/c1-7-5-11(8(2)17-7)13(16)10-4-3-9(14)6-12(10)15/h3-6,13,16H,1-2H3. The minimum absolute atomic E-state index is 0.314. The number of hydrogen-bond donors (Lipinski definition) is 1. The average molecular weight is 315 g/mol. The van der Waals surface area contributed by atoms with Crippen LogP contribution in [0, 0.1) is 19.7 Å². The first-order valence-corrected chi connectivity index (χ1v) is 6.80. The molecule has 0 fully saturated rings. The molecular formula is C13H12BrFOS. The second-order valence-corrected chi connectivity index (χ2v) is 6.31. The van der Waals surface area contributed by atoms with Gasteiger partial charge in [0, 0.05) is 19.8 Å². The molecule has 1 heterocycles. The zero-order chi connectivity index (χ0) is 12.6. The summed E-state index contributed by atoms with van der Waals surface area (Å²) < 4.78 is 14.4. The number of rotatable bonds is 2. The van der Waals surface area contributed by atoms with Crippen LogP contribution in [0.4, 0.5) is 4.39 Å². The Morgan fingerprint density at radius 1 is 1.24 bits per heavy atom. The van der Waals surface area contributed by atoms with Gasteiger partial charge in [-0.25, -0.2) is 4.39 Å². The molecule has 0 amide bonds. The van der Waals surface area contributed by atoms with Gasteiger partial charge in [0.15, 0.2) is 0 Å². The molecule has 1 nitrogen and oxygen atoms in total. The number of benzene rings is 1. The molecule has 90 valence electrons. The van der Waals surface area contributed by atoms with Crippen LogP contribution < -0.4 is 0 Å². The molecule has 0 radical (unpaired) electrons. The molecule has 0 spiro atoms. The second kappa shape index (κ2) is 4.88. The van der Waals surface area contributed by atoms with E-state index in [1.54, 1.807) is 23.5 Å². The van der Waals surface area contributed by atoms with Gasteiger partial charge in [-0.15, -0.1) is 11.3 Å². The van der Waals surface area contributed by atoms with Crippen molar-refractivity contribution in [2.24, 2.45) is 0 Å². The summed E-state index contributed by atoms with van der Waals surface area (Å²) in [5.74, 6) is -0.393. The molecular weight excluding hydrogens is 303 g/mol. The molecule has 0 saturated heterocycles. The van der Waals surface area contributed by atoms with Crippen LogP contribution in [0.25, 0.3) is 0 Å². The van der Waals surface area contributed by atoms with Crippen LogP contribution in [0.1, 0.15) is 27.0 Å². The minimum atomic E-state index is -0.895. The monoisotopic (exact) mass is 314 g/mol. The Labute approximate surface area is 112 Å². The fraction of sp³-hybridized carbons (Fsp3) is 0.231. The maximum absolute atomic E-state index is 13.7. The van der Waals surface area contributed by atoms with E-state index < -0.39 is 11.9 Å². The lowest BCUT2D eigenvalue weighted by molar-refractivity contribution is 0.214. The summed E-state index contributed by atoms with van der Waals surface area (Å²) in [5, 5.41) is 10.2. The molecule has 0 bridgehead atoms. The van der Waals surface area contributed by atoms with Crippen molar-refractivity contribution in [3.63, 3.8) is 0 Å². The maximum atomic E-state index is 13.7. The van der Waals surface area contributed by atoms with E-state index in [-0.39, 0.29) is 0 Å². The van der Waals surface area contributed by atoms with Crippen molar-refractivity contribution in [1.29, 1.82) is 0 Å². The van der Waals surface area contributed by atoms with E-state index >= 15 is 0 Å². The topological polar surface area (TPSA) is 20.2 Å². The summed E-state index contributed by atoms with van der Waals surface area (Å²) in [6.45, 7) is 3.92. The fourth-order valence-corrected chi connectivity index (χ4v) is 3.10. The van der Waals surface area contributed by atoms with Crippen LogP contribution in [0.5, 0.6) is 0 Å². The summed E-state index contributed by atoms with van der Waals surface area (Å²) in [5.41, 5.74) is 1.10. The lowest BCUT2D eigenvalue weighted by Crippen LogP contribution is -2.02. The first-order chi connectivity index (χ1) is 7.99. The van der Waals surface area contributed by atoms with E-state index in [4.69, 9.17) is 0 Å². The fourth-order valence-electron chi connectivity index (χ4n) is 1.81. The molecule has 1 aromatic carbocycles. The predicted octanol–water partition coefficient (Wildman–Crippen LogP) is 4.35. The number of hydrogen-bond acceptors (Lipinski definition) is 2. The second-order valence-electron chi connectivity index (χ2n) is 3.94. The van der Waals surface area contributed by atoms with Gasteiger partial charge < -0.3 is 5.11 Å². The van der Waals surface area contributed by atoms with E-state index in [1.807, 2.05) is 19.9 Å². The van der Waals surface area contributed by atoms with E-state index in [0.29, 0.717) is 10.0 Å². The van der Waals surface area contributed by atoms with E-state index in [0.717, 1.165) is 15.3 Å². The van der Waals surface area contributed by atoms with Crippen molar-refractivity contribution in [3.8, 4) is 0 Å². The normalized spacial score (nSPS) is 12.8. The van der Waals surface area contributed by atoms with Gasteiger partial charge in [-0.2, -0.15) is 0 Å². The van der Waals surface area contributed by atoms with Gasteiger partial charge in [-0.1, -0.05) is 22.0 Å². The highest BCUT2D eigenvalue weighted by Gasteiger charge is 2.18. The van der Waals surface area contributed by atoms with Crippen molar-refractivity contribution in [3.05, 3.63) is 55.4 Å². The summed E-state index contributed by atoms with van der Waals surface area (Å²) in [6.07, 6.45) is -0.895. The molecule has 2 rings (SSSR count). The van der Waals surface area contributed by atoms with E-state index in [1.165, 1.54) is 6.07 Å². The summed E-state index contributed by atoms with van der Waals surface area (Å²) in [4.78, 5) is 2.14. The summed E-state index contributed by atoms with van der Waals surface area (Å²) in [6, 6.07) is 6.62. The van der Waals surface area contributed by atoms with Crippen LogP contribution in [-0.4, -0.2) is 5.11 Å². The van der Waals surface area contributed by atoms with Crippen molar-refractivity contribution in [2.45, 2.75) is 20.0 Å². The molecule has 1 unspecified atom stereocenters. The van der Waals surface area contributed by atoms with Crippen LogP contribution in [0.3, 0.4) is 0 Å². The van der Waals surface area contributed by atoms with E-state index in [2.05, 4.69) is 15.9 Å². The smallest absolute Gasteiger partial charge is 0.130 e. The van der Waals surface area contributed by atoms with Gasteiger partial charge in [-0.3, -0.25) is 0 Å². The number of aryl methyl sites for hydroxylation is 2. The SMILES string of the molecule is Cc1cc(C(O)c2ccc(Br)cc2F)c(C)s1. The minimum Gasteiger partial charge on any atom is -0.384 e. The number of aliphatic hydroxyl groups is 1. The zero-order valence-electron chi connectivity index (χ0n) is 9.50. The molecule has 4 heteroatoms. The van der Waals surface area contributed by atoms with Crippen molar-refractivity contribution < 1.29 is 9.50 Å². The van der Waals surface area contributed by atoms with Crippen LogP contribution in [0.2, 0.25) is 0 Å². The molecule has 1 N–H and O–H groups in total. The molecule has 1 atom stereocenters. The van der Waals surface area contributed by atoms with Crippen molar-refractivity contribution >= 4 is 27.3 Å². The van der Waals surface area contributed by atoms with Crippen LogP contribution in [-0.2, 0) is 0 Å². The molecule has 0 aliphatic carbocycles. The van der Waals surface area contributed by atoms with Gasteiger partial charge in [0.2, 0.25) is 0 Å². The van der Waals surface area contributed by atoms with Gasteiger partial charge in [0.25, 0.3) is 0 Å². The largest absolute Gasteiger partial charge is 0.384 e. The molecule has 1 aromatic heterocycles. The Balaban J connectivity index is 2.43. The Kier molecular flexibility index (Phi) is 3.66. The number of thiophene rings is 1. The zero-order valence-corrected chi connectivity index (χ0v) is 11.9. The molecule has 0 saturated carbocycles. The van der Waals surface area contributed by atoms with Gasteiger partial charge >= 0.3 is 0 Å². The van der Waals surface area contributed by atoms with Crippen molar-refractivity contribution in [1.82, 2.24) is 0 Å². The summed E-state index contributed by atoms with van der Waals surface area (Å²) >= 11 is 4.81. The first-order valence-electron chi connectivity index (χ1n) is 5.19. The lowest BCUT2D eigenvalue weighted by atomic mass is 10.0. The quantitative estimate of drug-likeness (QED) is 0.873. The third kappa shape index (κ3) is 2.59.